The zero-order valence-electron chi connectivity index (χ0n) is 8.46. The van der Waals surface area contributed by atoms with Crippen molar-refractivity contribution < 1.29 is 9.90 Å². The molecule has 0 atom stereocenters. The van der Waals surface area contributed by atoms with Crippen LogP contribution in [0.5, 0.6) is 0 Å². The van der Waals surface area contributed by atoms with E-state index in [1.54, 1.807) is 29.5 Å². The highest BCUT2D eigenvalue weighted by Crippen LogP contribution is 2.19. The van der Waals surface area contributed by atoms with Crippen molar-refractivity contribution in [2.75, 3.05) is 0 Å². The lowest BCUT2D eigenvalue weighted by Gasteiger charge is -2.01. The normalized spacial score (nSPS) is 11.4. The summed E-state index contributed by atoms with van der Waals surface area (Å²) in [4.78, 5) is 11.2. The van der Waals surface area contributed by atoms with E-state index in [4.69, 9.17) is 5.11 Å². The summed E-state index contributed by atoms with van der Waals surface area (Å²) >= 11 is 1.55. The maximum atomic E-state index is 11.2. The van der Waals surface area contributed by atoms with E-state index in [1.807, 2.05) is 35.0 Å². The van der Waals surface area contributed by atoms with Gasteiger partial charge in [0.15, 0.2) is 0 Å². The Morgan fingerprint density at radius 3 is 2.50 bits per heavy atom. The van der Waals surface area contributed by atoms with Crippen molar-refractivity contribution in [1.82, 2.24) is 0 Å². The standard InChI is InChI=1S/C13H10O2S/c14-13(15)12(8-10-6-7-16-9-10)11-4-2-1-3-5-11/h1-9H,(H,14,15)/b12-8+. The number of thiophene rings is 1. The number of rotatable bonds is 3. The highest BCUT2D eigenvalue weighted by Gasteiger charge is 2.09. The van der Waals surface area contributed by atoms with Gasteiger partial charge in [-0.05, 0) is 34.0 Å². The maximum Gasteiger partial charge on any atom is 0.336 e. The van der Waals surface area contributed by atoms with Crippen LogP contribution in [0.1, 0.15) is 11.1 Å². The van der Waals surface area contributed by atoms with Crippen LogP contribution in [-0.4, -0.2) is 11.1 Å². The second-order valence-electron chi connectivity index (χ2n) is 3.29. The predicted octanol–water partition coefficient (Wildman–Crippen LogP) is 3.37. The molecule has 2 nitrogen and oxygen atoms in total. The molecule has 0 spiro atoms. The van der Waals surface area contributed by atoms with Crippen molar-refractivity contribution in [3.8, 4) is 0 Å². The van der Waals surface area contributed by atoms with Crippen molar-refractivity contribution in [3.05, 3.63) is 58.3 Å². The van der Waals surface area contributed by atoms with E-state index in [9.17, 15) is 4.79 Å². The van der Waals surface area contributed by atoms with Gasteiger partial charge in [0.25, 0.3) is 0 Å². The number of benzene rings is 1. The van der Waals surface area contributed by atoms with Crippen molar-refractivity contribution >= 4 is 29.0 Å². The maximum absolute atomic E-state index is 11.2. The summed E-state index contributed by atoms with van der Waals surface area (Å²) in [6, 6.07) is 11.0. The molecule has 3 heteroatoms. The van der Waals surface area contributed by atoms with Crippen LogP contribution in [0.15, 0.2) is 47.2 Å². The first-order chi connectivity index (χ1) is 7.77. The average molecular weight is 230 g/mol. The first-order valence-corrected chi connectivity index (χ1v) is 5.74. The third-order valence-corrected chi connectivity index (χ3v) is 2.87. The Morgan fingerprint density at radius 1 is 1.19 bits per heavy atom. The van der Waals surface area contributed by atoms with E-state index in [0.717, 1.165) is 11.1 Å². The smallest absolute Gasteiger partial charge is 0.336 e. The minimum Gasteiger partial charge on any atom is -0.478 e. The second-order valence-corrected chi connectivity index (χ2v) is 4.07. The molecule has 0 aliphatic carbocycles. The molecule has 0 saturated heterocycles. The quantitative estimate of drug-likeness (QED) is 0.821. The molecule has 0 saturated carbocycles. The predicted molar refractivity (Wildman–Crippen MR) is 66.3 cm³/mol. The molecule has 1 aromatic heterocycles. The fraction of sp³-hybridized carbons (Fsp3) is 0. The molecular weight excluding hydrogens is 220 g/mol. The van der Waals surface area contributed by atoms with Gasteiger partial charge in [0.2, 0.25) is 0 Å². The van der Waals surface area contributed by atoms with E-state index >= 15 is 0 Å². The molecule has 0 radical (unpaired) electrons. The molecule has 0 bridgehead atoms. The molecular formula is C13H10O2S. The van der Waals surface area contributed by atoms with E-state index in [-0.39, 0.29) is 0 Å². The number of hydrogen-bond donors (Lipinski definition) is 1. The summed E-state index contributed by atoms with van der Waals surface area (Å²) in [5, 5.41) is 13.0. The molecule has 80 valence electrons. The van der Waals surface area contributed by atoms with Crippen molar-refractivity contribution in [2.24, 2.45) is 0 Å². The minimum atomic E-state index is -0.905. The Hall–Kier alpha value is -1.87. The molecule has 1 N–H and O–H groups in total. The summed E-state index contributed by atoms with van der Waals surface area (Å²) < 4.78 is 0. The van der Waals surface area contributed by atoms with Gasteiger partial charge in [-0.1, -0.05) is 30.3 Å². The lowest BCUT2D eigenvalue weighted by Crippen LogP contribution is -1.98. The van der Waals surface area contributed by atoms with Crippen LogP contribution in [0.4, 0.5) is 0 Å². The molecule has 0 fully saturated rings. The van der Waals surface area contributed by atoms with Gasteiger partial charge in [0.05, 0.1) is 5.57 Å². The van der Waals surface area contributed by atoms with E-state index in [1.165, 1.54) is 0 Å². The zero-order valence-corrected chi connectivity index (χ0v) is 9.28. The van der Waals surface area contributed by atoms with Crippen LogP contribution in [0, 0.1) is 0 Å². The topological polar surface area (TPSA) is 37.3 Å². The number of carboxylic acids is 1. The summed E-state index contributed by atoms with van der Waals surface area (Å²) in [7, 11) is 0. The fourth-order valence-electron chi connectivity index (χ4n) is 1.41. The van der Waals surface area contributed by atoms with Gasteiger partial charge in [-0.15, -0.1) is 0 Å². The molecule has 0 unspecified atom stereocenters. The van der Waals surface area contributed by atoms with Crippen LogP contribution in [-0.2, 0) is 4.79 Å². The van der Waals surface area contributed by atoms with Crippen LogP contribution in [0.3, 0.4) is 0 Å². The molecule has 1 aromatic carbocycles. The highest BCUT2D eigenvalue weighted by atomic mass is 32.1. The number of hydrogen-bond acceptors (Lipinski definition) is 2. The van der Waals surface area contributed by atoms with Crippen LogP contribution >= 0.6 is 11.3 Å². The summed E-state index contributed by atoms with van der Waals surface area (Å²) in [6.45, 7) is 0. The van der Waals surface area contributed by atoms with E-state index < -0.39 is 5.97 Å². The van der Waals surface area contributed by atoms with Crippen molar-refractivity contribution in [1.29, 1.82) is 0 Å². The first-order valence-electron chi connectivity index (χ1n) is 4.80. The van der Waals surface area contributed by atoms with E-state index in [2.05, 4.69) is 0 Å². The minimum absolute atomic E-state index is 0.319. The van der Waals surface area contributed by atoms with Crippen molar-refractivity contribution in [2.45, 2.75) is 0 Å². The van der Waals surface area contributed by atoms with Gasteiger partial charge in [-0.25, -0.2) is 4.79 Å². The fourth-order valence-corrected chi connectivity index (χ4v) is 2.03. The van der Waals surface area contributed by atoms with Crippen LogP contribution in [0.25, 0.3) is 11.6 Å². The summed E-state index contributed by atoms with van der Waals surface area (Å²) in [6.07, 6.45) is 1.69. The molecule has 0 aliphatic heterocycles. The van der Waals surface area contributed by atoms with Crippen LogP contribution < -0.4 is 0 Å². The Labute approximate surface area is 97.5 Å². The monoisotopic (exact) mass is 230 g/mol. The number of carboxylic acid groups (broad SMARTS) is 1. The van der Waals surface area contributed by atoms with Gasteiger partial charge < -0.3 is 5.11 Å². The van der Waals surface area contributed by atoms with Gasteiger partial charge in [0, 0.05) is 0 Å². The highest BCUT2D eigenvalue weighted by molar-refractivity contribution is 7.08. The molecule has 2 rings (SSSR count). The molecule has 0 aliphatic rings. The van der Waals surface area contributed by atoms with Crippen molar-refractivity contribution in [3.63, 3.8) is 0 Å². The lowest BCUT2D eigenvalue weighted by atomic mass is 10.0. The molecule has 1 heterocycles. The molecule has 2 aromatic rings. The second kappa shape index (κ2) is 4.77. The lowest BCUT2D eigenvalue weighted by molar-refractivity contribution is -0.130. The molecule has 0 amide bonds. The third kappa shape index (κ3) is 2.38. The van der Waals surface area contributed by atoms with E-state index in [0.29, 0.717) is 5.57 Å². The Kier molecular flexibility index (Phi) is 3.17. The Morgan fingerprint density at radius 2 is 1.94 bits per heavy atom. The first kappa shape index (κ1) is 10.6. The van der Waals surface area contributed by atoms with Gasteiger partial charge in [0.1, 0.15) is 0 Å². The third-order valence-electron chi connectivity index (χ3n) is 2.17. The van der Waals surface area contributed by atoms with Gasteiger partial charge in [-0.2, -0.15) is 11.3 Å². The van der Waals surface area contributed by atoms with Crippen LogP contribution in [0.2, 0.25) is 0 Å². The largest absolute Gasteiger partial charge is 0.478 e. The summed E-state index contributed by atoms with van der Waals surface area (Å²) in [5.41, 5.74) is 1.96. The Bertz CT molecular complexity index is 498. The zero-order chi connectivity index (χ0) is 11.4. The Balaban J connectivity index is 2.43. The van der Waals surface area contributed by atoms with Gasteiger partial charge >= 0.3 is 5.97 Å². The number of aliphatic carboxylic acids is 1. The van der Waals surface area contributed by atoms with Gasteiger partial charge in [-0.3, -0.25) is 0 Å². The summed E-state index contributed by atoms with van der Waals surface area (Å²) in [5.74, 6) is -0.905. The number of carbonyl (C=O) groups is 1. The molecule has 16 heavy (non-hydrogen) atoms. The average Bonchev–Trinajstić information content (AvgIpc) is 2.79. The SMILES string of the molecule is O=C(O)/C(=C/c1ccsc1)c1ccccc1.